The lowest BCUT2D eigenvalue weighted by molar-refractivity contribution is 0.0946. The minimum atomic E-state index is -0.107. The molecule has 0 unspecified atom stereocenters. The van der Waals surface area contributed by atoms with Crippen LogP contribution in [0.25, 0.3) is 0 Å². The second-order valence-electron chi connectivity index (χ2n) is 7.55. The van der Waals surface area contributed by atoms with E-state index in [1.807, 2.05) is 48.5 Å². The standard InChI is InChI=1S/C23H30N2O3/c1-18(2)10-12-25-13-15-28-22-16-19(8-9-20(22)17-25)23(26)24-11-14-27-21-6-4-3-5-7-21/h3-9,16,18H,10-15,17H2,1-2H3,(H,24,26). The maximum atomic E-state index is 12.4. The van der Waals surface area contributed by atoms with E-state index < -0.39 is 0 Å². The number of ether oxygens (including phenoxy) is 2. The van der Waals surface area contributed by atoms with Crippen molar-refractivity contribution in [2.75, 3.05) is 32.8 Å². The number of fused-ring (bicyclic) bond motifs is 1. The average molecular weight is 383 g/mol. The minimum Gasteiger partial charge on any atom is -0.492 e. The minimum absolute atomic E-state index is 0.107. The van der Waals surface area contributed by atoms with Crippen molar-refractivity contribution in [2.24, 2.45) is 5.92 Å². The van der Waals surface area contributed by atoms with Crippen LogP contribution < -0.4 is 14.8 Å². The topological polar surface area (TPSA) is 50.8 Å². The number of hydrogen-bond acceptors (Lipinski definition) is 4. The third-order valence-electron chi connectivity index (χ3n) is 4.81. The van der Waals surface area contributed by atoms with Gasteiger partial charge in [-0.2, -0.15) is 0 Å². The van der Waals surface area contributed by atoms with Crippen LogP contribution in [0.15, 0.2) is 48.5 Å². The molecule has 0 saturated heterocycles. The van der Waals surface area contributed by atoms with E-state index in [9.17, 15) is 4.79 Å². The maximum Gasteiger partial charge on any atom is 0.251 e. The molecule has 5 nitrogen and oxygen atoms in total. The highest BCUT2D eigenvalue weighted by molar-refractivity contribution is 5.94. The van der Waals surface area contributed by atoms with Gasteiger partial charge in [-0.25, -0.2) is 0 Å². The van der Waals surface area contributed by atoms with Crippen molar-refractivity contribution in [1.29, 1.82) is 0 Å². The van der Waals surface area contributed by atoms with Crippen molar-refractivity contribution in [2.45, 2.75) is 26.8 Å². The normalized spacial score (nSPS) is 14.1. The van der Waals surface area contributed by atoms with Gasteiger partial charge in [-0.15, -0.1) is 0 Å². The fraction of sp³-hybridized carbons (Fsp3) is 0.435. The monoisotopic (exact) mass is 382 g/mol. The van der Waals surface area contributed by atoms with E-state index in [-0.39, 0.29) is 5.91 Å². The molecule has 1 amide bonds. The van der Waals surface area contributed by atoms with Crippen LogP contribution in [0.1, 0.15) is 36.2 Å². The number of nitrogens with zero attached hydrogens (tertiary/aromatic N) is 1. The Morgan fingerprint density at radius 1 is 1.21 bits per heavy atom. The molecule has 1 heterocycles. The highest BCUT2D eigenvalue weighted by Crippen LogP contribution is 2.25. The average Bonchev–Trinajstić information content (AvgIpc) is 2.91. The summed E-state index contributed by atoms with van der Waals surface area (Å²) >= 11 is 0. The van der Waals surface area contributed by atoms with E-state index in [1.54, 1.807) is 0 Å². The second-order valence-corrected chi connectivity index (χ2v) is 7.55. The van der Waals surface area contributed by atoms with Gasteiger partial charge in [0.15, 0.2) is 0 Å². The van der Waals surface area contributed by atoms with Crippen LogP contribution in [-0.2, 0) is 6.54 Å². The number of amides is 1. The first-order chi connectivity index (χ1) is 13.6. The number of nitrogens with one attached hydrogen (secondary N) is 1. The zero-order chi connectivity index (χ0) is 19.8. The van der Waals surface area contributed by atoms with Crippen molar-refractivity contribution in [3.8, 4) is 11.5 Å². The summed E-state index contributed by atoms with van der Waals surface area (Å²) < 4.78 is 11.5. The summed E-state index contributed by atoms with van der Waals surface area (Å²) in [6.07, 6.45) is 1.18. The summed E-state index contributed by atoms with van der Waals surface area (Å²) in [5, 5.41) is 2.90. The molecule has 1 aliphatic heterocycles. The highest BCUT2D eigenvalue weighted by Gasteiger charge is 2.17. The first kappa shape index (κ1) is 20.2. The molecule has 0 fully saturated rings. The Kier molecular flexibility index (Phi) is 7.31. The molecule has 0 bridgehead atoms. The van der Waals surface area contributed by atoms with E-state index in [0.717, 1.165) is 36.7 Å². The van der Waals surface area contributed by atoms with E-state index >= 15 is 0 Å². The largest absolute Gasteiger partial charge is 0.492 e. The smallest absolute Gasteiger partial charge is 0.251 e. The second kappa shape index (κ2) is 10.1. The predicted octanol–water partition coefficient (Wildman–Crippen LogP) is 3.74. The Morgan fingerprint density at radius 3 is 2.82 bits per heavy atom. The van der Waals surface area contributed by atoms with Crippen molar-refractivity contribution < 1.29 is 14.3 Å². The van der Waals surface area contributed by atoms with Gasteiger partial charge in [0.05, 0.1) is 6.54 Å². The lowest BCUT2D eigenvalue weighted by Crippen LogP contribution is -2.28. The molecule has 0 aromatic heterocycles. The lowest BCUT2D eigenvalue weighted by atomic mass is 10.1. The third-order valence-corrected chi connectivity index (χ3v) is 4.81. The molecule has 28 heavy (non-hydrogen) atoms. The molecule has 1 N–H and O–H groups in total. The summed E-state index contributed by atoms with van der Waals surface area (Å²) in [6.45, 7) is 8.90. The van der Waals surface area contributed by atoms with Crippen molar-refractivity contribution in [3.63, 3.8) is 0 Å². The molecular formula is C23H30N2O3. The summed E-state index contributed by atoms with van der Waals surface area (Å²) in [4.78, 5) is 14.9. The Bertz CT molecular complexity index is 762. The van der Waals surface area contributed by atoms with Gasteiger partial charge in [0.1, 0.15) is 24.7 Å². The molecule has 0 aliphatic carbocycles. The van der Waals surface area contributed by atoms with Crippen molar-refractivity contribution in [3.05, 3.63) is 59.7 Å². The SMILES string of the molecule is CC(C)CCN1CCOc2cc(C(=O)NCCOc3ccccc3)ccc2C1. The number of carbonyl (C=O) groups is 1. The number of rotatable bonds is 8. The molecule has 3 rings (SSSR count). The summed E-state index contributed by atoms with van der Waals surface area (Å²) in [5.74, 6) is 2.21. The van der Waals surface area contributed by atoms with Crippen LogP contribution in [0.2, 0.25) is 0 Å². The molecule has 0 saturated carbocycles. The van der Waals surface area contributed by atoms with Gasteiger partial charge in [-0.3, -0.25) is 9.69 Å². The quantitative estimate of drug-likeness (QED) is 0.707. The number of hydrogen-bond donors (Lipinski definition) is 1. The molecule has 0 atom stereocenters. The predicted molar refractivity (Wildman–Crippen MR) is 111 cm³/mol. The Hall–Kier alpha value is -2.53. The third kappa shape index (κ3) is 5.99. The molecule has 150 valence electrons. The van der Waals surface area contributed by atoms with E-state index in [4.69, 9.17) is 9.47 Å². The van der Waals surface area contributed by atoms with Crippen LogP contribution in [-0.4, -0.2) is 43.7 Å². The van der Waals surface area contributed by atoms with Crippen LogP contribution >= 0.6 is 0 Å². The van der Waals surface area contributed by atoms with Gasteiger partial charge >= 0.3 is 0 Å². The van der Waals surface area contributed by atoms with Gasteiger partial charge in [0.25, 0.3) is 5.91 Å². The van der Waals surface area contributed by atoms with Gasteiger partial charge in [0.2, 0.25) is 0 Å². The van der Waals surface area contributed by atoms with Crippen LogP contribution in [0.3, 0.4) is 0 Å². The van der Waals surface area contributed by atoms with Crippen molar-refractivity contribution in [1.82, 2.24) is 10.2 Å². The molecular weight excluding hydrogens is 352 g/mol. The first-order valence-corrected chi connectivity index (χ1v) is 10.1. The van der Waals surface area contributed by atoms with Gasteiger partial charge in [0, 0.05) is 24.2 Å². The first-order valence-electron chi connectivity index (χ1n) is 10.1. The maximum absolute atomic E-state index is 12.4. The molecule has 2 aromatic carbocycles. The van der Waals surface area contributed by atoms with Gasteiger partial charge < -0.3 is 14.8 Å². The van der Waals surface area contributed by atoms with E-state index in [1.165, 1.54) is 6.42 Å². The highest BCUT2D eigenvalue weighted by atomic mass is 16.5. The number of benzene rings is 2. The Balaban J connectivity index is 1.51. The summed E-state index contributed by atoms with van der Waals surface area (Å²) in [5.41, 5.74) is 1.76. The molecule has 2 aromatic rings. The molecule has 5 heteroatoms. The van der Waals surface area contributed by atoms with E-state index in [2.05, 4.69) is 24.1 Å². The lowest BCUT2D eigenvalue weighted by Gasteiger charge is -2.20. The molecule has 1 aliphatic rings. The zero-order valence-corrected chi connectivity index (χ0v) is 16.8. The van der Waals surface area contributed by atoms with Gasteiger partial charge in [-0.1, -0.05) is 38.1 Å². The zero-order valence-electron chi connectivity index (χ0n) is 16.8. The van der Waals surface area contributed by atoms with E-state index in [0.29, 0.717) is 31.2 Å². The Morgan fingerprint density at radius 2 is 2.04 bits per heavy atom. The summed E-state index contributed by atoms with van der Waals surface area (Å²) in [6, 6.07) is 15.3. The molecule has 0 radical (unpaired) electrons. The van der Waals surface area contributed by atoms with Crippen LogP contribution in [0.4, 0.5) is 0 Å². The van der Waals surface area contributed by atoms with Gasteiger partial charge in [-0.05, 0) is 43.1 Å². The van der Waals surface area contributed by atoms with Crippen LogP contribution in [0.5, 0.6) is 11.5 Å². The van der Waals surface area contributed by atoms with Crippen molar-refractivity contribution >= 4 is 5.91 Å². The Labute approximate surface area is 167 Å². The number of carbonyl (C=O) groups excluding carboxylic acids is 1. The summed E-state index contributed by atoms with van der Waals surface area (Å²) in [7, 11) is 0. The fourth-order valence-electron chi connectivity index (χ4n) is 3.15. The fourth-order valence-corrected chi connectivity index (χ4v) is 3.15. The number of para-hydroxylation sites is 1. The molecule has 0 spiro atoms. The van der Waals surface area contributed by atoms with Crippen LogP contribution in [0, 0.1) is 5.92 Å².